The van der Waals surface area contributed by atoms with Gasteiger partial charge >= 0.3 is 6.09 Å². The molecule has 1 amide bonds. The van der Waals surface area contributed by atoms with E-state index in [0.717, 1.165) is 24.9 Å². The lowest BCUT2D eigenvalue weighted by molar-refractivity contribution is 0.0180. The molecule has 1 saturated heterocycles. The summed E-state index contributed by atoms with van der Waals surface area (Å²) in [5, 5.41) is 13.1. The predicted octanol–water partition coefficient (Wildman–Crippen LogP) is 2.71. The number of carbonyl (C=O) groups excluding carboxylic acids is 1. The highest BCUT2D eigenvalue weighted by molar-refractivity contribution is 5.68. The van der Waals surface area contributed by atoms with Gasteiger partial charge in [-0.25, -0.2) is 4.79 Å². The molecule has 0 saturated carbocycles. The standard InChI is InChI=1S/C18H28N2O3/c1-18(2,3)23-17(22)20-11-7-10-15(12-20)19-16(13-21)14-8-5-4-6-9-14/h4-6,8-9,15-16,19,21H,7,10-13H2,1-3H3/t15?,16-/m1/s1. The van der Waals surface area contributed by atoms with Gasteiger partial charge in [0.25, 0.3) is 0 Å². The highest BCUT2D eigenvalue weighted by atomic mass is 16.6. The van der Waals surface area contributed by atoms with Gasteiger partial charge < -0.3 is 20.1 Å². The Morgan fingerprint density at radius 2 is 2.09 bits per heavy atom. The van der Waals surface area contributed by atoms with Gasteiger partial charge in [0.15, 0.2) is 0 Å². The molecule has 128 valence electrons. The van der Waals surface area contributed by atoms with Gasteiger partial charge in [-0.15, -0.1) is 0 Å². The molecule has 1 heterocycles. The van der Waals surface area contributed by atoms with E-state index in [-0.39, 0.29) is 24.8 Å². The third kappa shape index (κ3) is 5.52. The number of hydrogen-bond acceptors (Lipinski definition) is 4. The summed E-state index contributed by atoms with van der Waals surface area (Å²) >= 11 is 0. The lowest BCUT2D eigenvalue weighted by atomic mass is 10.0. The monoisotopic (exact) mass is 320 g/mol. The molecule has 2 N–H and O–H groups in total. The van der Waals surface area contributed by atoms with Crippen LogP contribution in [0.4, 0.5) is 4.79 Å². The number of piperidine rings is 1. The number of likely N-dealkylation sites (tertiary alicyclic amines) is 1. The first-order chi connectivity index (χ1) is 10.9. The minimum Gasteiger partial charge on any atom is -0.444 e. The van der Waals surface area contributed by atoms with Crippen molar-refractivity contribution >= 4 is 6.09 Å². The van der Waals surface area contributed by atoms with Crippen molar-refractivity contribution in [3.05, 3.63) is 35.9 Å². The summed E-state index contributed by atoms with van der Waals surface area (Å²) in [5.41, 5.74) is 0.583. The van der Waals surface area contributed by atoms with Crippen molar-refractivity contribution in [1.82, 2.24) is 10.2 Å². The third-order valence-corrected chi connectivity index (χ3v) is 3.89. The molecular weight excluding hydrogens is 292 g/mol. The van der Waals surface area contributed by atoms with Crippen molar-refractivity contribution in [2.45, 2.75) is 51.3 Å². The Hall–Kier alpha value is -1.59. The number of nitrogens with one attached hydrogen (secondary N) is 1. The Balaban J connectivity index is 1.94. The van der Waals surface area contributed by atoms with E-state index >= 15 is 0 Å². The van der Waals surface area contributed by atoms with Crippen molar-refractivity contribution in [2.75, 3.05) is 19.7 Å². The van der Waals surface area contributed by atoms with Crippen molar-refractivity contribution in [2.24, 2.45) is 0 Å². The summed E-state index contributed by atoms with van der Waals surface area (Å²) in [6.07, 6.45) is 1.66. The van der Waals surface area contributed by atoms with E-state index in [1.165, 1.54) is 0 Å². The number of ether oxygens (including phenoxy) is 1. The van der Waals surface area contributed by atoms with Crippen LogP contribution in [-0.2, 0) is 4.74 Å². The van der Waals surface area contributed by atoms with Crippen LogP contribution in [0.25, 0.3) is 0 Å². The first-order valence-corrected chi connectivity index (χ1v) is 8.29. The van der Waals surface area contributed by atoms with Gasteiger partial charge in [0.05, 0.1) is 12.6 Å². The maximum atomic E-state index is 12.2. The molecule has 0 spiro atoms. The Kier molecular flexibility index (Phi) is 6.02. The molecule has 0 bridgehead atoms. The smallest absolute Gasteiger partial charge is 0.410 e. The second kappa shape index (κ2) is 7.79. The van der Waals surface area contributed by atoms with Crippen LogP contribution in [0.2, 0.25) is 0 Å². The molecule has 1 aliphatic rings. The summed E-state index contributed by atoms with van der Waals surface area (Å²) in [5.74, 6) is 0. The fraction of sp³-hybridized carbons (Fsp3) is 0.611. The van der Waals surface area contributed by atoms with E-state index in [2.05, 4.69) is 5.32 Å². The molecule has 5 nitrogen and oxygen atoms in total. The Morgan fingerprint density at radius 1 is 1.39 bits per heavy atom. The topological polar surface area (TPSA) is 61.8 Å². The number of aliphatic hydroxyl groups is 1. The van der Waals surface area contributed by atoms with Gasteiger partial charge in [-0.1, -0.05) is 30.3 Å². The average molecular weight is 320 g/mol. The van der Waals surface area contributed by atoms with Gasteiger partial charge in [-0.2, -0.15) is 0 Å². The zero-order valence-corrected chi connectivity index (χ0v) is 14.3. The molecule has 0 radical (unpaired) electrons. The van der Waals surface area contributed by atoms with Gasteiger partial charge in [-0.05, 0) is 39.2 Å². The second-order valence-corrected chi connectivity index (χ2v) is 7.08. The van der Waals surface area contributed by atoms with Crippen LogP contribution in [0.5, 0.6) is 0 Å². The minimum atomic E-state index is -0.477. The maximum Gasteiger partial charge on any atom is 0.410 e. The van der Waals surface area contributed by atoms with Crippen molar-refractivity contribution in [1.29, 1.82) is 0 Å². The number of nitrogens with zero attached hydrogens (tertiary/aromatic N) is 1. The van der Waals surface area contributed by atoms with E-state index in [4.69, 9.17) is 4.74 Å². The molecule has 5 heteroatoms. The summed E-state index contributed by atoms with van der Waals surface area (Å²) in [6.45, 7) is 7.00. The fourth-order valence-corrected chi connectivity index (χ4v) is 2.83. The van der Waals surface area contributed by atoms with Crippen LogP contribution in [-0.4, -0.2) is 47.4 Å². The quantitative estimate of drug-likeness (QED) is 0.895. The van der Waals surface area contributed by atoms with Crippen LogP contribution >= 0.6 is 0 Å². The minimum absolute atomic E-state index is 0.0347. The maximum absolute atomic E-state index is 12.2. The van der Waals surface area contributed by atoms with E-state index in [0.29, 0.717) is 6.54 Å². The molecule has 1 aliphatic heterocycles. The van der Waals surface area contributed by atoms with Gasteiger partial charge in [-0.3, -0.25) is 0 Å². The van der Waals surface area contributed by atoms with E-state index in [9.17, 15) is 9.90 Å². The normalized spacial score (nSPS) is 20.2. The Morgan fingerprint density at radius 3 is 2.70 bits per heavy atom. The molecule has 1 aromatic rings. The van der Waals surface area contributed by atoms with E-state index in [1.54, 1.807) is 4.90 Å². The van der Waals surface area contributed by atoms with Crippen LogP contribution in [0.1, 0.15) is 45.2 Å². The average Bonchev–Trinajstić information content (AvgIpc) is 2.52. The predicted molar refractivity (Wildman–Crippen MR) is 90.2 cm³/mol. The molecule has 1 unspecified atom stereocenters. The zero-order chi connectivity index (χ0) is 16.9. The summed E-state index contributed by atoms with van der Waals surface area (Å²) in [4.78, 5) is 14.0. The van der Waals surface area contributed by atoms with Crippen LogP contribution < -0.4 is 5.32 Å². The Labute approximate surface area is 138 Å². The number of aliphatic hydroxyl groups excluding tert-OH is 1. The van der Waals surface area contributed by atoms with Gasteiger partial charge in [0.1, 0.15) is 5.60 Å². The molecule has 0 aromatic heterocycles. The van der Waals surface area contributed by atoms with Gasteiger partial charge in [0.2, 0.25) is 0 Å². The molecule has 2 atom stereocenters. The second-order valence-electron chi connectivity index (χ2n) is 7.08. The van der Waals surface area contributed by atoms with Crippen LogP contribution in [0, 0.1) is 0 Å². The van der Waals surface area contributed by atoms with Gasteiger partial charge in [0, 0.05) is 19.1 Å². The number of benzene rings is 1. The number of hydrogen-bond donors (Lipinski definition) is 2. The van der Waals surface area contributed by atoms with Crippen molar-refractivity contribution < 1.29 is 14.6 Å². The number of amides is 1. The largest absolute Gasteiger partial charge is 0.444 e. The van der Waals surface area contributed by atoms with Crippen molar-refractivity contribution in [3.8, 4) is 0 Å². The lowest BCUT2D eigenvalue weighted by Crippen LogP contribution is -2.50. The SMILES string of the molecule is CC(C)(C)OC(=O)N1CCCC(N[C@H](CO)c2ccccc2)C1. The fourth-order valence-electron chi connectivity index (χ4n) is 2.83. The van der Waals surface area contributed by atoms with E-state index in [1.807, 2.05) is 51.1 Å². The first kappa shape index (κ1) is 17.8. The van der Waals surface area contributed by atoms with E-state index < -0.39 is 5.60 Å². The third-order valence-electron chi connectivity index (χ3n) is 3.89. The molecule has 1 aromatic carbocycles. The Bertz CT molecular complexity index is 499. The molecule has 1 fully saturated rings. The van der Waals surface area contributed by atoms with Crippen LogP contribution in [0.3, 0.4) is 0 Å². The molecule has 0 aliphatic carbocycles. The summed E-state index contributed by atoms with van der Waals surface area (Å²) < 4.78 is 5.45. The highest BCUT2D eigenvalue weighted by Gasteiger charge is 2.28. The first-order valence-electron chi connectivity index (χ1n) is 8.29. The summed E-state index contributed by atoms with van der Waals surface area (Å²) in [6, 6.07) is 9.95. The number of rotatable bonds is 4. The lowest BCUT2D eigenvalue weighted by Gasteiger charge is -2.36. The molecular formula is C18H28N2O3. The summed E-state index contributed by atoms with van der Waals surface area (Å²) in [7, 11) is 0. The molecule has 23 heavy (non-hydrogen) atoms. The van der Waals surface area contributed by atoms with Crippen LogP contribution in [0.15, 0.2) is 30.3 Å². The highest BCUT2D eigenvalue weighted by Crippen LogP contribution is 2.19. The van der Waals surface area contributed by atoms with Crippen molar-refractivity contribution in [3.63, 3.8) is 0 Å². The number of carbonyl (C=O) groups is 1. The zero-order valence-electron chi connectivity index (χ0n) is 14.3. The molecule has 2 rings (SSSR count).